The van der Waals surface area contributed by atoms with Crippen molar-refractivity contribution in [1.29, 1.82) is 0 Å². The van der Waals surface area contributed by atoms with Crippen molar-refractivity contribution in [3.05, 3.63) is 64.3 Å². The van der Waals surface area contributed by atoms with Gasteiger partial charge >= 0.3 is 6.18 Å². The molecule has 1 aromatic heterocycles. The monoisotopic (exact) mass is 490 g/mol. The first-order valence-corrected chi connectivity index (χ1v) is 10.7. The van der Waals surface area contributed by atoms with Crippen LogP contribution in [0.15, 0.2) is 58.0 Å². The number of hydrogen-bond donors (Lipinski definition) is 1. The minimum atomic E-state index is -4.68. The van der Waals surface area contributed by atoms with Gasteiger partial charge < -0.3 is 5.32 Å². The summed E-state index contributed by atoms with van der Waals surface area (Å²) in [5.41, 5.74) is -0.816. The normalized spacial score (nSPS) is 11.7. The Kier molecular flexibility index (Phi) is 6.79. The number of carbonyl (C=O) groups excluding carboxylic acids is 1. The Morgan fingerprint density at radius 3 is 2.34 bits per heavy atom. The molecule has 1 amide bonds. The number of fused-ring (bicyclic) bond motifs is 1. The minimum absolute atomic E-state index is 0.0931. The van der Waals surface area contributed by atoms with Crippen LogP contribution in [0, 0.1) is 0 Å². The van der Waals surface area contributed by atoms with Gasteiger partial charge in [-0.3, -0.25) is 4.79 Å². The van der Waals surface area contributed by atoms with Crippen LogP contribution in [0.1, 0.15) is 29.8 Å². The molecule has 3 rings (SSSR count). The average molecular weight is 491 g/mol. The van der Waals surface area contributed by atoms with Gasteiger partial charge in [0.2, 0.25) is 0 Å². The van der Waals surface area contributed by atoms with Crippen LogP contribution in [0.5, 0.6) is 0 Å². The molecule has 0 fully saturated rings. The maximum atomic E-state index is 13.0. The maximum absolute atomic E-state index is 13.0. The third kappa shape index (κ3) is 4.48. The topological polar surface area (TPSA) is 68.2 Å². The molecule has 0 unspecified atom stereocenters. The first-order valence-electron chi connectivity index (χ1n) is 8.51. The molecule has 0 aliphatic carbocycles. The van der Waals surface area contributed by atoms with Gasteiger partial charge in [-0.25, -0.2) is 12.4 Å². The van der Waals surface area contributed by atoms with E-state index in [4.69, 9.17) is 0 Å². The maximum Gasteiger partial charge on any atom is 0.416 e. The zero-order valence-electron chi connectivity index (χ0n) is 15.7. The van der Waals surface area contributed by atoms with Crippen LogP contribution in [-0.2, 0) is 16.2 Å². The van der Waals surface area contributed by atoms with Crippen molar-refractivity contribution >= 4 is 42.8 Å². The fourth-order valence-corrected chi connectivity index (χ4v) is 4.39. The third-order valence-corrected chi connectivity index (χ3v) is 6.09. The SMILES string of the molecule is CC.CNC(=O)c1cn(S(=O)(=O)c2cccc(C(F)(F)F)c2)c2cc(Br)ccc12. The highest BCUT2D eigenvalue weighted by atomic mass is 79.9. The van der Waals surface area contributed by atoms with Crippen molar-refractivity contribution in [2.75, 3.05) is 7.05 Å². The molecule has 0 atom stereocenters. The lowest BCUT2D eigenvalue weighted by Gasteiger charge is -2.11. The molecule has 10 heteroatoms. The van der Waals surface area contributed by atoms with Crippen LogP contribution in [0.4, 0.5) is 13.2 Å². The van der Waals surface area contributed by atoms with E-state index in [-0.39, 0.29) is 11.1 Å². The predicted molar refractivity (Wildman–Crippen MR) is 108 cm³/mol. The second-order valence-corrected chi connectivity index (χ2v) is 8.34. The third-order valence-electron chi connectivity index (χ3n) is 3.92. The summed E-state index contributed by atoms with van der Waals surface area (Å²) >= 11 is 3.23. The molecular formula is C19H18BrF3N2O3S. The van der Waals surface area contributed by atoms with Gasteiger partial charge in [-0.1, -0.05) is 41.9 Å². The van der Waals surface area contributed by atoms with Crippen molar-refractivity contribution in [1.82, 2.24) is 9.29 Å². The number of rotatable bonds is 3. The van der Waals surface area contributed by atoms with Gasteiger partial charge in [-0.05, 0) is 30.3 Å². The number of amides is 1. The van der Waals surface area contributed by atoms with Crippen LogP contribution < -0.4 is 5.32 Å². The summed E-state index contributed by atoms with van der Waals surface area (Å²) in [4.78, 5) is 11.6. The van der Waals surface area contributed by atoms with Gasteiger partial charge in [-0.15, -0.1) is 0 Å². The quantitative estimate of drug-likeness (QED) is 0.558. The molecule has 2 aromatic carbocycles. The van der Waals surface area contributed by atoms with E-state index in [0.29, 0.717) is 15.9 Å². The van der Waals surface area contributed by atoms with Crippen molar-refractivity contribution < 1.29 is 26.4 Å². The zero-order valence-corrected chi connectivity index (χ0v) is 18.1. The number of nitrogens with one attached hydrogen (secondary N) is 1. The van der Waals surface area contributed by atoms with E-state index in [9.17, 15) is 26.4 Å². The molecule has 0 saturated heterocycles. The lowest BCUT2D eigenvalue weighted by Crippen LogP contribution is -2.18. The second kappa shape index (κ2) is 8.58. The summed E-state index contributed by atoms with van der Waals surface area (Å²) in [6.45, 7) is 4.00. The largest absolute Gasteiger partial charge is 0.416 e. The summed E-state index contributed by atoms with van der Waals surface area (Å²) in [6, 6.07) is 8.13. The fourth-order valence-electron chi connectivity index (χ4n) is 2.63. The van der Waals surface area contributed by atoms with Gasteiger partial charge in [-0.2, -0.15) is 13.2 Å². The van der Waals surface area contributed by atoms with Crippen LogP contribution >= 0.6 is 15.9 Å². The molecule has 5 nitrogen and oxygen atoms in total. The summed E-state index contributed by atoms with van der Waals surface area (Å²) in [7, 11) is -2.98. The molecule has 0 saturated carbocycles. The Morgan fingerprint density at radius 1 is 1.10 bits per heavy atom. The van der Waals surface area contributed by atoms with Crippen LogP contribution in [-0.4, -0.2) is 25.3 Å². The molecule has 3 aromatic rings. The number of hydrogen-bond acceptors (Lipinski definition) is 3. The molecule has 0 bridgehead atoms. The molecule has 156 valence electrons. The summed E-state index contributed by atoms with van der Waals surface area (Å²) in [5, 5.41) is 2.77. The van der Waals surface area contributed by atoms with Gasteiger partial charge in [0.1, 0.15) is 0 Å². The number of benzene rings is 2. The first-order chi connectivity index (χ1) is 13.6. The van der Waals surface area contributed by atoms with E-state index in [1.807, 2.05) is 13.8 Å². The summed E-state index contributed by atoms with van der Waals surface area (Å²) in [5.74, 6) is -0.514. The van der Waals surface area contributed by atoms with Gasteiger partial charge in [0, 0.05) is 23.1 Å². The van der Waals surface area contributed by atoms with Crippen LogP contribution in [0.3, 0.4) is 0 Å². The highest BCUT2D eigenvalue weighted by Crippen LogP contribution is 2.33. The van der Waals surface area contributed by atoms with E-state index in [1.165, 1.54) is 13.1 Å². The molecule has 29 heavy (non-hydrogen) atoms. The van der Waals surface area contributed by atoms with Gasteiger partial charge in [0.15, 0.2) is 0 Å². The standard InChI is InChI=1S/C17H12BrF3N2O3S.C2H6/c1-22-16(24)14-9-23(15-8-11(18)5-6-13(14)15)27(25,26)12-4-2-3-10(7-12)17(19,20)21;1-2/h2-9H,1H3,(H,22,24);1-2H3. The van der Waals surface area contributed by atoms with Crippen molar-refractivity contribution in [2.24, 2.45) is 0 Å². The lowest BCUT2D eigenvalue weighted by atomic mass is 10.2. The summed E-state index contributed by atoms with van der Waals surface area (Å²) < 4.78 is 66.3. The molecule has 0 spiro atoms. The smallest absolute Gasteiger partial charge is 0.355 e. The van der Waals surface area contributed by atoms with E-state index < -0.39 is 32.6 Å². The number of nitrogens with zero attached hydrogens (tertiary/aromatic N) is 1. The number of aromatic nitrogens is 1. The second-order valence-electron chi connectivity index (χ2n) is 5.61. The van der Waals surface area contributed by atoms with E-state index in [2.05, 4.69) is 21.2 Å². The Labute approximate surface area is 174 Å². The van der Waals surface area contributed by atoms with Crippen LogP contribution in [0.2, 0.25) is 0 Å². The Hall–Kier alpha value is -2.33. The Morgan fingerprint density at radius 2 is 1.76 bits per heavy atom. The highest BCUT2D eigenvalue weighted by Gasteiger charge is 2.32. The van der Waals surface area contributed by atoms with Gasteiger partial charge in [0.25, 0.3) is 15.9 Å². The molecule has 0 aliphatic heterocycles. The molecule has 1 N–H and O–H groups in total. The number of halogens is 4. The van der Waals surface area contributed by atoms with E-state index in [0.717, 1.165) is 28.4 Å². The first kappa shape index (κ1) is 23.0. The molecular weight excluding hydrogens is 473 g/mol. The van der Waals surface area contributed by atoms with E-state index >= 15 is 0 Å². The zero-order chi connectivity index (χ0) is 22.0. The van der Waals surface area contributed by atoms with Crippen molar-refractivity contribution in [3.63, 3.8) is 0 Å². The Balaban J connectivity index is 0.00000145. The van der Waals surface area contributed by atoms with Crippen molar-refractivity contribution in [2.45, 2.75) is 24.9 Å². The minimum Gasteiger partial charge on any atom is -0.355 e. The van der Waals surface area contributed by atoms with Crippen molar-refractivity contribution in [3.8, 4) is 0 Å². The van der Waals surface area contributed by atoms with E-state index in [1.54, 1.807) is 12.1 Å². The number of carbonyl (C=O) groups is 1. The fraction of sp³-hybridized carbons (Fsp3) is 0.211. The summed E-state index contributed by atoms with van der Waals surface area (Å²) in [6.07, 6.45) is -3.58. The lowest BCUT2D eigenvalue weighted by molar-refractivity contribution is -0.137. The predicted octanol–water partition coefficient (Wildman–Crippen LogP) is 5.05. The van der Waals surface area contributed by atoms with Gasteiger partial charge in [0.05, 0.1) is 21.5 Å². The number of alkyl halides is 3. The molecule has 1 heterocycles. The average Bonchev–Trinajstić information content (AvgIpc) is 3.07. The van der Waals surface area contributed by atoms with Crippen LogP contribution in [0.25, 0.3) is 10.9 Å². The molecule has 0 radical (unpaired) electrons. The Bertz CT molecular complexity index is 1160. The highest BCUT2D eigenvalue weighted by molar-refractivity contribution is 9.10. The molecule has 0 aliphatic rings.